The quantitative estimate of drug-likeness (QED) is 0.205. The third-order valence-corrected chi connectivity index (χ3v) is 6.91. The third-order valence-electron chi connectivity index (χ3n) is 6.64. The lowest BCUT2D eigenvalue weighted by Crippen LogP contribution is -2.19. The highest BCUT2D eigenvalue weighted by Gasteiger charge is 2.33. The second kappa shape index (κ2) is 11.5. The SMILES string of the molecule is CCCCCNc1nc(Cl)c(-c2cc3cc(CCC)nc(C)c3o2)c(N[C@@H]2C[C@H](CO)[C@@H](O)C2)n1. The molecule has 0 aliphatic heterocycles. The van der Waals surface area contributed by atoms with E-state index in [1.165, 1.54) is 0 Å². The van der Waals surface area contributed by atoms with Crippen molar-refractivity contribution in [1.29, 1.82) is 0 Å². The molecule has 4 rings (SSSR count). The van der Waals surface area contributed by atoms with Crippen LogP contribution >= 0.6 is 11.6 Å². The van der Waals surface area contributed by atoms with Crippen molar-refractivity contribution in [3.8, 4) is 11.3 Å². The van der Waals surface area contributed by atoms with Gasteiger partial charge in [-0.05, 0) is 44.7 Å². The Balaban J connectivity index is 1.71. The number of hydrogen-bond acceptors (Lipinski definition) is 8. The molecule has 0 bridgehead atoms. The van der Waals surface area contributed by atoms with Gasteiger partial charge in [-0.1, -0.05) is 44.7 Å². The minimum absolute atomic E-state index is 0.0447. The highest BCUT2D eigenvalue weighted by atomic mass is 35.5. The van der Waals surface area contributed by atoms with Gasteiger partial charge in [0.05, 0.1) is 17.4 Å². The fourth-order valence-electron chi connectivity index (χ4n) is 4.80. The van der Waals surface area contributed by atoms with Crippen molar-refractivity contribution in [1.82, 2.24) is 15.0 Å². The molecule has 190 valence electrons. The maximum atomic E-state index is 10.3. The largest absolute Gasteiger partial charge is 0.454 e. The van der Waals surface area contributed by atoms with E-state index in [-0.39, 0.29) is 23.7 Å². The molecule has 1 saturated carbocycles. The molecule has 3 aromatic heterocycles. The van der Waals surface area contributed by atoms with Crippen LogP contribution < -0.4 is 10.6 Å². The first-order chi connectivity index (χ1) is 16.9. The first kappa shape index (κ1) is 25.7. The summed E-state index contributed by atoms with van der Waals surface area (Å²) < 4.78 is 6.24. The van der Waals surface area contributed by atoms with Crippen LogP contribution in [0.25, 0.3) is 22.3 Å². The van der Waals surface area contributed by atoms with E-state index >= 15 is 0 Å². The molecule has 1 fully saturated rings. The maximum absolute atomic E-state index is 10.3. The first-order valence-corrected chi connectivity index (χ1v) is 13.1. The number of aryl methyl sites for hydroxylation is 2. The lowest BCUT2D eigenvalue weighted by Gasteiger charge is -2.17. The van der Waals surface area contributed by atoms with Crippen LogP contribution in [0.5, 0.6) is 0 Å². The first-order valence-electron chi connectivity index (χ1n) is 12.7. The second-order valence-electron chi connectivity index (χ2n) is 9.50. The predicted molar refractivity (Wildman–Crippen MR) is 140 cm³/mol. The van der Waals surface area contributed by atoms with Crippen molar-refractivity contribution in [2.75, 3.05) is 23.8 Å². The van der Waals surface area contributed by atoms with Gasteiger partial charge in [0, 0.05) is 36.2 Å². The van der Waals surface area contributed by atoms with E-state index in [1.54, 1.807) is 0 Å². The molecule has 1 aliphatic rings. The molecule has 0 unspecified atom stereocenters. The molecule has 0 amide bonds. The summed E-state index contributed by atoms with van der Waals surface area (Å²) in [5.41, 5.74) is 3.18. The Hall–Kier alpha value is -2.42. The van der Waals surface area contributed by atoms with Crippen molar-refractivity contribution in [2.24, 2.45) is 5.92 Å². The molecule has 0 saturated heterocycles. The van der Waals surface area contributed by atoms with Crippen molar-refractivity contribution < 1.29 is 14.6 Å². The van der Waals surface area contributed by atoms with E-state index < -0.39 is 6.10 Å². The van der Waals surface area contributed by atoms with E-state index in [2.05, 4.69) is 40.5 Å². The second-order valence-corrected chi connectivity index (χ2v) is 9.85. The number of halogens is 1. The van der Waals surface area contributed by atoms with Gasteiger partial charge in [0.2, 0.25) is 5.95 Å². The molecular formula is C26H36ClN5O3. The Morgan fingerprint density at radius 1 is 1.11 bits per heavy atom. The molecule has 1 aliphatic carbocycles. The topological polar surface area (TPSA) is 116 Å². The third kappa shape index (κ3) is 5.88. The monoisotopic (exact) mass is 501 g/mol. The Labute approximate surface area is 211 Å². The number of aromatic nitrogens is 3. The van der Waals surface area contributed by atoms with Gasteiger partial charge in [-0.15, -0.1) is 0 Å². The van der Waals surface area contributed by atoms with Gasteiger partial charge in [-0.2, -0.15) is 4.98 Å². The summed E-state index contributed by atoms with van der Waals surface area (Å²) in [7, 11) is 0. The van der Waals surface area contributed by atoms with Crippen molar-refractivity contribution in [3.05, 3.63) is 28.7 Å². The average molecular weight is 502 g/mol. The highest BCUT2D eigenvalue weighted by molar-refractivity contribution is 6.32. The molecule has 0 aromatic carbocycles. The van der Waals surface area contributed by atoms with E-state index in [4.69, 9.17) is 21.0 Å². The van der Waals surface area contributed by atoms with Crippen molar-refractivity contribution in [3.63, 3.8) is 0 Å². The maximum Gasteiger partial charge on any atom is 0.226 e. The molecule has 0 spiro atoms. The van der Waals surface area contributed by atoms with Crippen molar-refractivity contribution in [2.45, 2.75) is 77.9 Å². The smallest absolute Gasteiger partial charge is 0.226 e. The summed E-state index contributed by atoms with van der Waals surface area (Å²) >= 11 is 6.73. The van der Waals surface area contributed by atoms with Gasteiger partial charge in [0.15, 0.2) is 5.58 Å². The number of aliphatic hydroxyl groups excluding tert-OH is 2. The summed E-state index contributed by atoms with van der Waals surface area (Å²) in [5, 5.41) is 27.9. The number of fused-ring (bicyclic) bond motifs is 1. The van der Waals surface area contributed by atoms with E-state index in [0.29, 0.717) is 35.9 Å². The molecule has 3 heterocycles. The Kier molecular flexibility index (Phi) is 8.46. The van der Waals surface area contributed by atoms with E-state index in [1.807, 2.05) is 13.0 Å². The van der Waals surface area contributed by atoms with Crippen molar-refractivity contribution >= 4 is 34.3 Å². The minimum atomic E-state index is -0.554. The number of unbranched alkanes of at least 4 members (excludes halogenated alkanes) is 2. The molecule has 4 N–H and O–H groups in total. The van der Waals surface area contributed by atoms with Crippen LogP contribution in [0.2, 0.25) is 5.15 Å². The Bertz CT molecular complexity index is 1150. The van der Waals surface area contributed by atoms with E-state index in [0.717, 1.165) is 61.0 Å². The fraction of sp³-hybridized carbons (Fsp3) is 0.577. The summed E-state index contributed by atoms with van der Waals surface area (Å²) in [5.74, 6) is 1.42. The number of aliphatic hydroxyl groups is 2. The van der Waals surface area contributed by atoms with Crippen LogP contribution in [0.15, 0.2) is 16.5 Å². The van der Waals surface area contributed by atoms with Gasteiger partial charge < -0.3 is 25.3 Å². The zero-order chi connectivity index (χ0) is 24.9. The van der Waals surface area contributed by atoms with Gasteiger partial charge >= 0.3 is 0 Å². The average Bonchev–Trinajstić information content (AvgIpc) is 3.39. The normalized spacial score (nSPS) is 20.0. The Morgan fingerprint density at radius 2 is 1.94 bits per heavy atom. The molecule has 9 heteroatoms. The van der Waals surface area contributed by atoms with Gasteiger partial charge in [-0.25, -0.2) is 4.98 Å². The van der Waals surface area contributed by atoms with Crippen LogP contribution in [-0.4, -0.2) is 50.5 Å². The number of nitrogens with zero attached hydrogens (tertiary/aromatic N) is 3. The van der Waals surface area contributed by atoms with Crippen LogP contribution in [0.1, 0.15) is 63.8 Å². The molecule has 8 nitrogen and oxygen atoms in total. The predicted octanol–water partition coefficient (Wildman–Crippen LogP) is 5.34. The fourth-order valence-corrected chi connectivity index (χ4v) is 5.06. The van der Waals surface area contributed by atoms with Gasteiger partial charge in [-0.3, -0.25) is 4.98 Å². The zero-order valence-electron chi connectivity index (χ0n) is 20.8. The molecule has 3 aromatic rings. The lowest BCUT2D eigenvalue weighted by molar-refractivity contribution is 0.0908. The summed E-state index contributed by atoms with van der Waals surface area (Å²) in [6.45, 7) is 6.96. The lowest BCUT2D eigenvalue weighted by atomic mass is 10.1. The van der Waals surface area contributed by atoms with Crippen LogP contribution in [0.3, 0.4) is 0 Å². The van der Waals surface area contributed by atoms with Crippen LogP contribution in [-0.2, 0) is 6.42 Å². The number of hydrogen-bond donors (Lipinski definition) is 4. The molecular weight excluding hydrogens is 466 g/mol. The zero-order valence-corrected chi connectivity index (χ0v) is 21.5. The molecule has 35 heavy (non-hydrogen) atoms. The Morgan fingerprint density at radius 3 is 2.66 bits per heavy atom. The number of nitrogens with one attached hydrogen (secondary N) is 2. The standard InChI is InChI=1S/C26H36ClN5O3/c1-4-6-7-9-28-26-31-24(27)22(25(32-26)30-19-11-17(14-33)20(34)13-19)21-12-16-10-18(8-5-2)29-15(3)23(16)35-21/h10,12,17,19-20,33-34H,4-9,11,13-14H2,1-3H3,(H2,28,30,31,32)/t17-,19-,20+/m1/s1. The van der Waals surface area contributed by atoms with Crippen LogP contribution in [0, 0.1) is 12.8 Å². The highest BCUT2D eigenvalue weighted by Crippen LogP contribution is 2.39. The van der Waals surface area contributed by atoms with Gasteiger partial charge in [0.1, 0.15) is 16.7 Å². The van der Waals surface area contributed by atoms with E-state index in [9.17, 15) is 10.2 Å². The summed E-state index contributed by atoms with van der Waals surface area (Å²) in [6.07, 6.45) is 5.81. The molecule has 0 radical (unpaired) electrons. The van der Waals surface area contributed by atoms with Gasteiger partial charge in [0.25, 0.3) is 0 Å². The minimum Gasteiger partial charge on any atom is -0.454 e. The number of rotatable bonds is 11. The van der Waals surface area contributed by atoms with Crippen LogP contribution in [0.4, 0.5) is 11.8 Å². The summed E-state index contributed by atoms with van der Waals surface area (Å²) in [6, 6.07) is 3.97. The number of pyridine rings is 1. The number of furan rings is 1. The molecule has 3 atom stereocenters. The number of anilines is 2. The summed E-state index contributed by atoms with van der Waals surface area (Å²) in [4.78, 5) is 13.9.